The highest BCUT2D eigenvalue weighted by Crippen LogP contribution is 2.34. The fourth-order valence-electron chi connectivity index (χ4n) is 3.41. The minimum absolute atomic E-state index is 0.378. The molecule has 0 radical (unpaired) electrons. The summed E-state index contributed by atoms with van der Waals surface area (Å²) in [6, 6.07) is 10.4. The molecule has 3 heterocycles. The summed E-state index contributed by atoms with van der Waals surface area (Å²) in [6.45, 7) is 6.25. The van der Waals surface area contributed by atoms with E-state index in [9.17, 15) is 0 Å². The van der Waals surface area contributed by atoms with Crippen LogP contribution in [0.25, 0.3) is 11.3 Å². The van der Waals surface area contributed by atoms with Gasteiger partial charge in [0, 0.05) is 23.7 Å². The minimum atomic E-state index is 0.378. The molecule has 1 unspecified atom stereocenters. The average molecular weight is 323 g/mol. The van der Waals surface area contributed by atoms with Gasteiger partial charge in [-0.25, -0.2) is 4.98 Å². The van der Waals surface area contributed by atoms with Gasteiger partial charge in [-0.15, -0.1) is 0 Å². The summed E-state index contributed by atoms with van der Waals surface area (Å²) in [5.41, 5.74) is 5.52. The number of hydrogen-bond acceptors (Lipinski definition) is 4. The molecule has 0 saturated carbocycles. The van der Waals surface area contributed by atoms with Crippen LogP contribution in [0.5, 0.6) is 0 Å². The first-order valence-electron chi connectivity index (χ1n) is 8.34. The highest BCUT2D eigenvalue weighted by molar-refractivity contribution is 5.62. The van der Waals surface area contributed by atoms with E-state index in [0.717, 1.165) is 54.5 Å². The molecule has 1 aliphatic rings. The first kappa shape index (κ1) is 15.1. The number of ether oxygens (including phenoxy) is 1. The van der Waals surface area contributed by atoms with Gasteiger partial charge in [0.1, 0.15) is 5.76 Å². The van der Waals surface area contributed by atoms with Gasteiger partial charge in [-0.1, -0.05) is 35.5 Å². The van der Waals surface area contributed by atoms with Crippen LogP contribution in [0.4, 0.5) is 0 Å². The van der Waals surface area contributed by atoms with Crippen LogP contribution in [0.15, 0.2) is 41.2 Å². The molecule has 1 fully saturated rings. The summed E-state index contributed by atoms with van der Waals surface area (Å²) in [4.78, 5) is 4.73. The zero-order valence-corrected chi connectivity index (χ0v) is 14.0. The third kappa shape index (κ3) is 2.65. The smallest absolute Gasteiger partial charge is 0.138 e. The van der Waals surface area contributed by atoms with Gasteiger partial charge in [-0.2, -0.15) is 0 Å². The zero-order chi connectivity index (χ0) is 16.5. The van der Waals surface area contributed by atoms with Crippen LogP contribution in [0.3, 0.4) is 0 Å². The van der Waals surface area contributed by atoms with Gasteiger partial charge in [0.2, 0.25) is 0 Å². The molecule has 124 valence electrons. The summed E-state index contributed by atoms with van der Waals surface area (Å²) < 4.78 is 13.2. The first-order valence-corrected chi connectivity index (χ1v) is 8.34. The lowest BCUT2D eigenvalue weighted by atomic mass is 9.99. The Labute approximate surface area is 141 Å². The molecule has 5 nitrogen and oxygen atoms in total. The molecule has 1 aliphatic heterocycles. The predicted molar refractivity (Wildman–Crippen MR) is 90.9 cm³/mol. The Hall–Kier alpha value is -2.40. The van der Waals surface area contributed by atoms with Crippen LogP contribution in [0.2, 0.25) is 0 Å². The van der Waals surface area contributed by atoms with Gasteiger partial charge >= 0.3 is 0 Å². The maximum absolute atomic E-state index is 5.64. The normalized spacial score (nSPS) is 17.5. The van der Waals surface area contributed by atoms with Gasteiger partial charge in [0.25, 0.3) is 0 Å². The van der Waals surface area contributed by atoms with Crippen molar-refractivity contribution in [1.29, 1.82) is 0 Å². The van der Waals surface area contributed by atoms with Gasteiger partial charge in [-0.3, -0.25) is 0 Å². The molecule has 1 saturated heterocycles. The molecule has 0 aliphatic carbocycles. The molecular weight excluding hydrogens is 302 g/mol. The Kier molecular flexibility index (Phi) is 3.94. The molecule has 2 aromatic heterocycles. The van der Waals surface area contributed by atoms with Crippen LogP contribution >= 0.6 is 0 Å². The number of nitrogens with zero attached hydrogens (tertiary/aromatic N) is 3. The minimum Gasteiger partial charge on any atom is -0.381 e. The highest BCUT2D eigenvalue weighted by Gasteiger charge is 2.26. The van der Waals surface area contributed by atoms with Gasteiger partial charge in [-0.05, 0) is 20.3 Å². The Morgan fingerprint density at radius 2 is 2.04 bits per heavy atom. The van der Waals surface area contributed by atoms with E-state index in [4.69, 9.17) is 14.2 Å². The fraction of sp³-hybridized carbons (Fsp3) is 0.368. The van der Waals surface area contributed by atoms with Crippen molar-refractivity contribution in [2.24, 2.45) is 0 Å². The van der Waals surface area contributed by atoms with Crippen molar-refractivity contribution in [3.05, 3.63) is 59.4 Å². The number of aromatic nitrogens is 3. The van der Waals surface area contributed by atoms with Crippen LogP contribution in [-0.4, -0.2) is 27.9 Å². The number of benzene rings is 1. The van der Waals surface area contributed by atoms with Crippen LogP contribution in [-0.2, 0) is 11.3 Å². The molecule has 4 rings (SSSR count). The van der Waals surface area contributed by atoms with Crippen molar-refractivity contribution >= 4 is 0 Å². The standard InChI is InChI=1S/C19H21N3O2/c1-13-17(14(2)24-21-13)10-22-12-20-18(15-6-4-3-5-7-15)19(22)16-8-9-23-11-16/h3-7,12,16H,8-11H2,1-2H3. The lowest BCUT2D eigenvalue weighted by molar-refractivity contribution is 0.193. The molecule has 1 atom stereocenters. The Morgan fingerprint density at radius 3 is 2.71 bits per heavy atom. The van der Waals surface area contributed by atoms with Crippen molar-refractivity contribution < 1.29 is 9.26 Å². The summed E-state index contributed by atoms with van der Waals surface area (Å²) in [5.74, 6) is 1.25. The largest absolute Gasteiger partial charge is 0.381 e. The lowest BCUT2D eigenvalue weighted by Gasteiger charge is -2.15. The number of hydrogen-bond donors (Lipinski definition) is 0. The second-order valence-corrected chi connectivity index (χ2v) is 6.34. The number of aryl methyl sites for hydroxylation is 2. The van der Waals surface area contributed by atoms with E-state index in [-0.39, 0.29) is 0 Å². The van der Waals surface area contributed by atoms with E-state index in [1.165, 1.54) is 5.69 Å². The average Bonchev–Trinajstić information content (AvgIpc) is 3.32. The molecule has 0 bridgehead atoms. The van der Waals surface area contributed by atoms with Gasteiger partial charge < -0.3 is 13.8 Å². The Balaban J connectivity index is 1.78. The zero-order valence-electron chi connectivity index (χ0n) is 14.0. The fourth-order valence-corrected chi connectivity index (χ4v) is 3.41. The summed E-state index contributed by atoms with van der Waals surface area (Å²) in [5, 5.41) is 4.07. The monoisotopic (exact) mass is 323 g/mol. The van der Waals surface area contributed by atoms with Crippen LogP contribution in [0.1, 0.15) is 35.1 Å². The first-order chi connectivity index (χ1) is 11.7. The third-order valence-corrected chi connectivity index (χ3v) is 4.75. The SMILES string of the molecule is Cc1noc(C)c1Cn1cnc(-c2ccccc2)c1C1CCOC1. The highest BCUT2D eigenvalue weighted by atomic mass is 16.5. The molecule has 0 N–H and O–H groups in total. The molecule has 24 heavy (non-hydrogen) atoms. The maximum atomic E-state index is 5.64. The molecular formula is C19H21N3O2. The maximum Gasteiger partial charge on any atom is 0.138 e. The van der Waals surface area contributed by atoms with E-state index in [2.05, 4.69) is 34.0 Å². The quantitative estimate of drug-likeness (QED) is 0.734. The Bertz CT molecular complexity index is 810. The van der Waals surface area contributed by atoms with Crippen molar-refractivity contribution in [3.8, 4) is 11.3 Å². The predicted octanol–water partition coefficient (Wildman–Crippen LogP) is 3.71. The van der Waals surface area contributed by atoms with E-state index in [1.54, 1.807) is 0 Å². The number of rotatable bonds is 4. The summed E-state index contributed by atoms with van der Waals surface area (Å²) in [7, 11) is 0. The molecule has 3 aromatic rings. The Morgan fingerprint density at radius 1 is 1.21 bits per heavy atom. The van der Waals surface area contributed by atoms with Crippen molar-refractivity contribution in [1.82, 2.24) is 14.7 Å². The van der Waals surface area contributed by atoms with Crippen LogP contribution < -0.4 is 0 Å². The third-order valence-electron chi connectivity index (χ3n) is 4.75. The second kappa shape index (κ2) is 6.24. The molecule has 0 amide bonds. The van der Waals surface area contributed by atoms with Crippen molar-refractivity contribution in [2.75, 3.05) is 13.2 Å². The second-order valence-electron chi connectivity index (χ2n) is 6.34. The summed E-state index contributed by atoms with van der Waals surface area (Å²) in [6.07, 6.45) is 2.97. The lowest BCUT2D eigenvalue weighted by Crippen LogP contribution is -2.10. The molecule has 1 aromatic carbocycles. The van der Waals surface area contributed by atoms with Crippen molar-refractivity contribution in [2.45, 2.75) is 32.7 Å². The van der Waals surface area contributed by atoms with E-state index in [1.807, 2.05) is 26.2 Å². The van der Waals surface area contributed by atoms with Crippen molar-refractivity contribution in [3.63, 3.8) is 0 Å². The van der Waals surface area contributed by atoms with E-state index in [0.29, 0.717) is 5.92 Å². The van der Waals surface area contributed by atoms with Gasteiger partial charge in [0.15, 0.2) is 0 Å². The topological polar surface area (TPSA) is 53.1 Å². The molecule has 5 heteroatoms. The molecule has 0 spiro atoms. The summed E-state index contributed by atoms with van der Waals surface area (Å²) >= 11 is 0. The number of imidazole rings is 1. The van der Waals surface area contributed by atoms with E-state index < -0.39 is 0 Å². The van der Waals surface area contributed by atoms with E-state index >= 15 is 0 Å². The van der Waals surface area contributed by atoms with Gasteiger partial charge in [0.05, 0.1) is 36.6 Å². The van der Waals surface area contributed by atoms with Crippen LogP contribution in [0, 0.1) is 13.8 Å².